The second-order valence-corrected chi connectivity index (χ2v) is 4.89. The Hall–Kier alpha value is -2.04. The van der Waals surface area contributed by atoms with Gasteiger partial charge in [-0.15, -0.1) is 0 Å². The van der Waals surface area contributed by atoms with E-state index >= 15 is 0 Å². The number of ether oxygens (including phenoxy) is 3. The third kappa shape index (κ3) is 6.16. The fraction of sp³-hybridized carbons (Fsp3) is 0.529. The van der Waals surface area contributed by atoms with E-state index in [-0.39, 0.29) is 11.8 Å². The molecule has 22 heavy (non-hydrogen) atoms. The lowest BCUT2D eigenvalue weighted by Crippen LogP contribution is -2.04. The average Bonchev–Trinajstić information content (AvgIpc) is 2.53. The summed E-state index contributed by atoms with van der Waals surface area (Å²) in [7, 11) is 3.11. The van der Waals surface area contributed by atoms with Crippen molar-refractivity contribution in [2.24, 2.45) is 0 Å². The number of methoxy groups -OCH3 is 2. The molecular weight excluding hydrogens is 284 g/mol. The first-order valence-corrected chi connectivity index (χ1v) is 7.52. The quantitative estimate of drug-likeness (QED) is 0.376. The molecule has 0 fully saturated rings. The van der Waals surface area contributed by atoms with Gasteiger partial charge in [-0.1, -0.05) is 6.42 Å². The van der Waals surface area contributed by atoms with Crippen LogP contribution in [0.5, 0.6) is 11.5 Å². The Morgan fingerprint density at radius 1 is 0.909 bits per heavy atom. The van der Waals surface area contributed by atoms with E-state index < -0.39 is 0 Å². The zero-order valence-electron chi connectivity index (χ0n) is 13.5. The zero-order valence-corrected chi connectivity index (χ0v) is 13.5. The lowest BCUT2D eigenvalue weighted by Gasteiger charge is -2.08. The van der Waals surface area contributed by atoms with Gasteiger partial charge in [-0.05, 0) is 31.9 Å². The Labute approximate surface area is 131 Å². The maximum absolute atomic E-state index is 12.2. The van der Waals surface area contributed by atoms with E-state index in [9.17, 15) is 9.59 Å². The second-order valence-electron chi connectivity index (χ2n) is 4.89. The second kappa shape index (κ2) is 9.82. The maximum atomic E-state index is 12.2. The van der Waals surface area contributed by atoms with Crippen LogP contribution in [0, 0.1) is 0 Å². The highest BCUT2D eigenvalue weighted by Gasteiger charge is 2.10. The highest BCUT2D eigenvalue weighted by atomic mass is 16.5. The third-order valence-electron chi connectivity index (χ3n) is 3.26. The third-order valence-corrected chi connectivity index (χ3v) is 3.26. The number of unbranched alkanes of at least 4 members (excludes halogenated alkanes) is 2. The van der Waals surface area contributed by atoms with Gasteiger partial charge in [0.1, 0.15) is 11.5 Å². The number of Topliss-reactive ketones (excluding diaryl/α,β-unsaturated/α-hetero) is 1. The number of ketones is 1. The fourth-order valence-corrected chi connectivity index (χ4v) is 2.08. The molecule has 0 aliphatic rings. The van der Waals surface area contributed by atoms with Gasteiger partial charge >= 0.3 is 5.97 Å². The fourth-order valence-electron chi connectivity index (χ4n) is 2.08. The summed E-state index contributed by atoms with van der Waals surface area (Å²) in [4.78, 5) is 23.4. The van der Waals surface area contributed by atoms with Gasteiger partial charge in [0, 0.05) is 24.5 Å². The van der Waals surface area contributed by atoms with Crippen LogP contribution in [-0.4, -0.2) is 32.6 Å². The number of hydrogen-bond acceptors (Lipinski definition) is 5. The molecule has 0 aromatic heterocycles. The maximum Gasteiger partial charge on any atom is 0.305 e. The number of carbonyl (C=O) groups excluding carboxylic acids is 2. The van der Waals surface area contributed by atoms with E-state index in [2.05, 4.69) is 0 Å². The summed E-state index contributed by atoms with van der Waals surface area (Å²) in [6, 6.07) is 5.16. The van der Waals surface area contributed by atoms with Gasteiger partial charge < -0.3 is 14.2 Å². The SMILES string of the molecule is CCOC(=O)CCCCCC(=O)c1cc(OC)cc(OC)c1. The van der Waals surface area contributed by atoms with Crippen molar-refractivity contribution in [3.8, 4) is 11.5 Å². The lowest BCUT2D eigenvalue weighted by molar-refractivity contribution is -0.143. The van der Waals surface area contributed by atoms with Crippen molar-refractivity contribution < 1.29 is 23.8 Å². The van der Waals surface area contributed by atoms with Crippen molar-refractivity contribution in [2.45, 2.75) is 39.0 Å². The van der Waals surface area contributed by atoms with Crippen LogP contribution in [0.4, 0.5) is 0 Å². The summed E-state index contributed by atoms with van der Waals surface area (Å²) in [6.45, 7) is 2.20. The predicted molar refractivity (Wildman–Crippen MR) is 83.6 cm³/mol. The van der Waals surface area contributed by atoms with Crippen LogP contribution < -0.4 is 9.47 Å². The van der Waals surface area contributed by atoms with Gasteiger partial charge in [0.2, 0.25) is 0 Å². The minimum atomic E-state index is -0.175. The summed E-state index contributed by atoms with van der Waals surface area (Å²) in [5, 5.41) is 0. The number of carbonyl (C=O) groups is 2. The van der Waals surface area contributed by atoms with Gasteiger partial charge in [0.25, 0.3) is 0 Å². The van der Waals surface area contributed by atoms with Crippen LogP contribution in [0.2, 0.25) is 0 Å². The molecule has 1 aromatic carbocycles. The van der Waals surface area contributed by atoms with Gasteiger partial charge in [0.15, 0.2) is 5.78 Å². The Morgan fingerprint density at radius 3 is 2.05 bits per heavy atom. The van der Waals surface area contributed by atoms with Crippen LogP contribution in [-0.2, 0) is 9.53 Å². The first-order chi connectivity index (χ1) is 10.6. The van der Waals surface area contributed by atoms with Crippen molar-refractivity contribution in [1.82, 2.24) is 0 Å². The molecule has 5 nitrogen and oxygen atoms in total. The van der Waals surface area contributed by atoms with Crippen molar-refractivity contribution in [1.29, 1.82) is 0 Å². The Balaban J connectivity index is 2.41. The Kier molecular flexibility index (Phi) is 8.04. The van der Waals surface area contributed by atoms with Gasteiger partial charge in [-0.2, -0.15) is 0 Å². The van der Waals surface area contributed by atoms with E-state index in [1.807, 2.05) is 0 Å². The summed E-state index contributed by atoms with van der Waals surface area (Å²) in [5.41, 5.74) is 0.585. The first-order valence-electron chi connectivity index (χ1n) is 7.52. The van der Waals surface area contributed by atoms with Crippen LogP contribution >= 0.6 is 0 Å². The number of rotatable bonds is 10. The van der Waals surface area contributed by atoms with Gasteiger partial charge in [-0.3, -0.25) is 9.59 Å². The van der Waals surface area contributed by atoms with E-state index in [1.165, 1.54) is 0 Å². The molecule has 0 atom stereocenters. The number of hydrogen-bond donors (Lipinski definition) is 0. The smallest absolute Gasteiger partial charge is 0.305 e. The topological polar surface area (TPSA) is 61.8 Å². The van der Waals surface area contributed by atoms with E-state index in [4.69, 9.17) is 14.2 Å². The molecular formula is C17H24O5. The van der Waals surface area contributed by atoms with Gasteiger partial charge in [-0.25, -0.2) is 0 Å². The molecule has 0 aliphatic heterocycles. The molecule has 0 heterocycles. The van der Waals surface area contributed by atoms with Crippen LogP contribution in [0.15, 0.2) is 18.2 Å². The molecule has 0 saturated carbocycles. The monoisotopic (exact) mass is 308 g/mol. The van der Waals surface area contributed by atoms with Crippen LogP contribution in [0.3, 0.4) is 0 Å². The van der Waals surface area contributed by atoms with E-state index in [0.29, 0.717) is 36.5 Å². The minimum absolute atomic E-state index is 0.0494. The van der Waals surface area contributed by atoms with Crippen LogP contribution in [0.1, 0.15) is 49.4 Å². The Morgan fingerprint density at radius 2 is 1.50 bits per heavy atom. The van der Waals surface area contributed by atoms with Crippen molar-refractivity contribution in [2.75, 3.05) is 20.8 Å². The van der Waals surface area contributed by atoms with Crippen molar-refractivity contribution >= 4 is 11.8 Å². The standard InChI is InChI=1S/C17H24O5/c1-4-22-17(19)9-7-5-6-8-16(18)13-10-14(20-2)12-15(11-13)21-3/h10-12H,4-9H2,1-3H3. The molecule has 0 N–H and O–H groups in total. The van der Waals surface area contributed by atoms with Crippen molar-refractivity contribution in [3.05, 3.63) is 23.8 Å². The molecule has 0 bridgehead atoms. The van der Waals surface area contributed by atoms with E-state index in [1.54, 1.807) is 39.3 Å². The molecule has 0 radical (unpaired) electrons. The minimum Gasteiger partial charge on any atom is -0.497 e. The summed E-state index contributed by atoms with van der Waals surface area (Å²) < 4.78 is 15.2. The molecule has 0 spiro atoms. The molecule has 1 rings (SSSR count). The highest BCUT2D eigenvalue weighted by molar-refractivity contribution is 5.96. The summed E-state index contributed by atoms with van der Waals surface area (Å²) >= 11 is 0. The number of esters is 1. The molecule has 0 unspecified atom stereocenters. The van der Waals surface area contributed by atoms with Gasteiger partial charge in [0.05, 0.1) is 20.8 Å². The average molecular weight is 308 g/mol. The molecule has 1 aromatic rings. The summed E-state index contributed by atoms with van der Waals surface area (Å²) in [5.74, 6) is 1.08. The summed E-state index contributed by atoms with van der Waals surface area (Å²) in [6.07, 6.45) is 3.17. The largest absolute Gasteiger partial charge is 0.497 e. The normalized spacial score (nSPS) is 10.1. The zero-order chi connectivity index (χ0) is 16.4. The van der Waals surface area contributed by atoms with E-state index in [0.717, 1.165) is 19.3 Å². The molecule has 0 amide bonds. The van der Waals surface area contributed by atoms with Crippen molar-refractivity contribution in [3.63, 3.8) is 0 Å². The highest BCUT2D eigenvalue weighted by Crippen LogP contribution is 2.23. The molecule has 5 heteroatoms. The number of benzene rings is 1. The molecule has 0 saturated heterocycles. The first kappa shape index (κ1) is 18.0. The predicted octanol–water partition coefficient (Wildman–Crippen LogP) is 3.40. The molecule has 122 valence electrons. The van der Waals surface area contributed by atoms with Crippen LogP contribution in [0.25, 0.3) is 0 Å². The Bertz CT molecular complexity index is 474. The lowest BCUT2D eigenvalue weighted by atomic mass is 10.0. The molecule has 0 aliphatic carbocycles.